The second-order valence-electron chi connectivity index (χ2n) is 6.26. The van der Waals surface area contributed by atoms with E-state index in [2.05, 4.69) is 31.0 Å². The van der Waals surface area contributed by atoms with Gasteiger partial charge in [0.1, 0.15) is 0 Å². The molecule has 0 spiro atoms. The fraction of sp³-hybridized carbons (Fsp3) is 0.381. The number of anilines is 1. The monoisotopic (exact) mass is 356 g/mol. The van der Waals surface area contributed by atoms with E-state index in [0.29, 0.717) is 29.6 Å². The lowest BCUT2D eigenvalue weighted by Crippen LogP contribution is -2.30. The van der Waals surface area contributed by atoms with Crippen molar-refractivity contribution in [1.82, 2.24) is 5.32 Å². The Kier molecular flexibility index (Phi) is 6.89. The number of methoxy groups -OCH3 is 2. The predicted octanol–water partition coefficient (Wildman–Crippen LogP) is 3.87. The van der Waals surface area contributed by atoms with Gasteiger partial charge >= 0.3 is 0 Å². The van der Waals surface area contributed by atoms with Crippen molar-refractivity contribution in [2.75, 3.05) is 25.7 Å². The van der Waals surface area contributed by atoms with E-state index >= 15 is 0 Å². The molecule has 0 aliphatic rings. The molecule has 0 bridgehead atoms. The number of para-hydroxylation sites is 1. The Morgan fingerprint density at radius 3 is 2.31 bits per heavy atom. The third-order valence-corrected chi connectivity index (χ3v) is 4.35. The first-order chi connectivity index (χ1) is 12.5. The highest BCUT2D eigenvalue weighted by Crippen LogP contribution is 2.30. The number of nitrogens with one attached hydrogen (secondary N) is 1. The zero-order chi connectivity index (χ0) is 19.1. The zero-order valence-electron chi connectivity index (χ0n) is 16.2. The van der Waals surface area contributed by atoms with E-state index in [1.165, 1.54) is 0 Å². The summed E-state index contributed by atoms with van der Waals surface area (Å²) in [6.07, 6.45) is 0. The molecule has 5 nitrogen and oxygen atoms in total. The Bertz CT molecular complexity index is 727. The van der Waals surface area contributed by atoms with Crippen LogP contribution in [-0.2, 0) is 6.54 Å². The maximum atomic E-state index is 12.5. The second-order valence-corrected chi connectivity index (χ2v) is 6.26. The number of hydrogen-bond donors (Lipinski definition) is 1. The minimum Gasteiger partial charge on any atom is -0.493 e. The smallest absolute Gasteiger partial charge is 0.251 e. The third kappa shape index (κ3) is 4.48. The maximum absolute atomic E-state index is 12.5. The van der Waals surface area contributed by atoms with Crippen molar-refractivity contribution in [3.8, 4) is 11.5 Å². The number of carbonyl (C=O) groups is 1. The van der Waals surface area contributed by atoms with Gasteiger partial charge in [-0.05, 0) is 51.1 Å². The molecule has 0 aliphatic heterocycles. The van der Waals surface area contributed by atoms with Gasteiger partial charge in [0.05, 0.1) is 14.2 Å². The van der Waals surface area contributed by atoms with Gasteiger partial charge < -0.3 is 19.7 Å². The van der Waals surface area contributed by atoms with Crippen LogP contribution in [0.3, 0.4) is 0 Å². The molecule has 0 saturated carbocycles. The van der Waals surface area contributed by atoms with Gasteiger partial charge in [0.2, 0.25) is 0 Å². The number of benzene rings is 2. The first kappa shape index (κ1) is 19.6. The van der Waals surface area contributed by atoms with E-state index in [0.717, 1.165) is 17.8 Å². The fourth-order valence-electron chi connectivity index (χ4n) is 3.02. The van der Waals surface area contributed by atoms with Crippen LogP contribution in [0.4, 0.5) is 5.69 Å². The number of amides is 1. The molecule has 26 heavy (non-hydrogen) atoms. The summed E-state index contributed by atoms with van der Waals surface area (Å²) in [5.41, 5.74) is 2.62. The van der Waals surface area contributed by atoms with Crippen LogP contribution in [0.1, 0.15) is 36.7 Å². The summed E-state index contributed by atoms with van der Waals surface area (Å²) in [4.78, 5) is 14.7. The van der Waals surface area contributed by atoms with Crippen molar-refractivity contribution >= 4 is 11.6 Å². The highest BCUT2D eigenvalue weighted by Gasteiger charge is 2.13. The molecule has 2 aromatic carbocycles. The van der Waals surface area contributed by atoms with E-state index < -0.39 is 0 Å². The van der Waals surface area contributed by atoms with Crippen LogP contribution in [-0.4, -0.2) is 32.7 Å². The summed E-state index contributed by atoms with van der Waals surface area (Å²) in [6.45, 7) is 7.74. The van der Waals surface area contributed by atoms with Crippen molar-refractivity contribution < 1.29 is 14.3 Å². The van der Waals surface area contributed by atoms with Crippen molar-refractivity contribution in [1.29, 1.82) is 0 Å². The molecule has 2 aromatic rings. The molecular formula is C21H28N2O3. The molecule has 0 unspecified atom stereocenters. The summed E-state index contributed by atoms with van der Waals surface area (Å²) in [7, 11) is 3.19. The molecule has 0 fully saturated rings. The topological polar surface area (TPSA) is 50.8 Å². The Labute approximate surface area is 155 Å². The first-order valence-electron chi connectivity index (χ1n) is 8.86. The number of nitrogens with zero attached hydrogens (tertiary/aromatic N) is 1. The van der Waals surface area contributed by atoms with Crippen LogP contribution < -0.4 is 19.7 Å². The third-order valence-electron chi connectivity index (χ3n) is 4.35. The van der Waals surface area contributed by atoms with Crippen molar-refractivity contribution in [3.05, 3.63) is 53.6 Å². The molecule has 1 N–H and O–H groups in total. The van der Waals surface area contributed by atoms with Crippen molar-refractivity contribution in [2.45, 2.75) is 33.4 Å². The Morgan fingerprint density at radius 2 is 1.77 bits per heavy atom. The van der Waals surface area contributed by atoms with E-state index in [-0.39, 0.29) is 5.91 Å². The van der Waals surface area contributed by atoms with Gasteiger partial charge in [0.25, 0.3) is 5.91 Å². The summed E-state index contributed by atoms with van der Waals surface area (Å²) >= 11 is 0. The molecule has 1 amide bonds. The van der Waals surface area contributed by atoms with Gasteiger partial charge in [-0.2, -0.15) is 0 Å². The minimum absolute atomic E-state index is 0.117. The van der Waals surface area contributed by atoms with Crippen LogP contribution in [0.15, 0.2) is 42.5 Å². The quantitative estimate of drug-likeness (QED) is 0.780. The maximum Gasteiger partial charge on any atom is 0.251 e. The van der Waals surface area contributed by atoms with Crippen LogP contribution in [0.5, 0.6) is 11.5 Å². The Balaban J connectivity index is 2.07. The van der Waals surface area contributed by atoms with Gasteiger partial charge in [0, 0.05) is 35.9 Å². The molecule has 0 atom stereocenters. The van der Waals surface area contributed by atoms with E-state index in [9.17, 15) is 4.79 Å². The molecule has 0 radical (unpaired) electrons. The molecular weight excluding hydrogens is 328 g/mol. The lowest BCUT2D eigenvalue weighted by atomic mass is 10.1. The Morgan fingerprint density at radius 1 is 1.08 bits per heavy atom. The van der Waals surface area contributed by atoms with E-state index in [4.69, 9.17) is 9.47 Å². The van der Waals surface area contributed by atoms with Gasteiger partial charge in [-0.15, -0.1) is 0 Å². The molecule has 0 aromatic heterocycles. The molecule has 0 saturated heterocycles. The average Bonchev–Trinajstić information content (AvgIpc) is 2.66. The summed E-state index contributed by atoms with van der Waals surface area (Å²) < 4.78 is 10.7. The Hall–Kier alpha value is -2.69. The van der Waals surface area contributed by atoms with Gasteiger partial charge in [-0.25, -0.2) is 0 Å². The van der Waals surface area contributed by atoms with Gasteiger partial charge in [-0.3, -0.25) is 4.79 Å². The SMILES string of the molecule is CCN(c1ccc(C(=O)NCc2cccc(OC)c2OC)cc1)C(C)C. The fourth-order valence-corrected chi connectivity index (χ4v) is 3.02. The molecule has 2 rings (SSSR count). The average molecular weight is 356 g/mol. The van der Waals surface area contributed by atoms with Crippen LogP contribution in [0.25, 0.3) is 0 Å². The van der Waals surface area contributed by atoms with E-state index in [1.807, 2.05) is 42.5 Å². The zero-order valence-corrected chi connectivity index (χ0v) is 16.2. The number of carbonyl (C=O) groups excluding carboxylic acids is 1. The lowest BCUT2D eigenvalue weighted by Gasteiger charge is -2.27. The van der Waals surface area contributed by atoms with Crippen LogP contribution >= 0.6 is 0 Å². The summed E-state index contributed by atoms with van der Waals surface area (Å²) in [6, 6.07) is 13.7. The minimum atomic E-state index is -0.117. The predicted molar refractivity (Wildman–Crippen MR) is 105 cm³/mol. The molecule has 140 valence electrons. The number of rotatable bonds is 8. The van der Waals surface area contributed by atoms with Crippen LogP contribution in [0, 0.1) is 0 Å². The standard InChI is InChI=1S/C21H28N2O3/c1-6-23(15(2)3)18-12-10-16(11-13-18)21(24)22-14-17-8-7-9-19(25-4)20(17)26-5/h7-13,15H,6,14H2,1-5H3,(H,22,24). The lowest BCUT2D eigenvalue weighted by molar-refractivity contribution is 0.0950. The van der Waals surface area contributed by atoms with Crippen LogP contribution in [0.2, 0.25) is 0 Å². The van der Waals surface area contributed by atoms with Crippen molar-refractivity contribution in [2.24, 2.45) is 0 Å². The van der Waals surface area contributed by atoms with Crippen molar-refractivity contribution in [3.63, 3.8) is 0 Å². The highest BCUT2D eigenvalue weighted by molar-refractivity contribution is 5.94. The van der Waals surface area contributed by atoms with Gasteiger partial charge in [-0.1, -0.05) is 12.1 Å². The summed E-state index contributed by atoms with van der Waals surface area (Å²) in [5.74, 6) is 1.17. The summed E-state index contributed by atoms with van der Waals surface area (Å²) in [5, 5.41) is 2.94. The first-order valence-corrected chi connectivity index (χ1v) is 8.86. The highest BCUT2D eigenvalue weighted by atomic mass is 16.5. The van der Waals surface area contributed by atoms with E-state index in [1.54, 1.807) is 14.2 Å². The largest absolute Gasteiger partial charge is 0.493 e. The normalized spacial score (nSPS) is 10.5. The molecule has 0 heterocycles. The number of ether oxygens (including phenoxy) is 2. The number of hydrogen-bond acceptors (Lipinski definition) is 4. The molecule has 0 aliphatic carbocycles. The second kappa shape index (κ2) is 9.13. The van der Waals surface area contributed by atoms with Gasteiger partial charge in [0.15, 0.2) is 11.5 Å². The molecule has 5 heteroatoms.